The summed E-state index contributed by atoms with van der Waals surface area (Å²) in [6.07, 6.45) is 1.46. The molecule has 1 saturated heterocycles. The molecule has 6 rings (SSSR count). The molecule has 0 radical (unpaired) electrons. The summed E-state index contributed by atoms with van der Waals surface area (Å²) >= 11 is 0. The topological polar surface area (TPSA) is 127 Å². The number of aliphatic hydroxyl groups excluding tert-OH is 1. The Morgan fingerprint density at radius 3 is 2.47 bits per heavy atom. The number of nitrogens with zero attached hydrogens (tertiary/aromatic N) is 4. The third kappa shape index (κ3) is 6.01. The zero-order valence-corrected chi connectivity index (χ0v) is 24.4. The van der Waals surface area contributed by atoms with Crippen molar-refractivity contribution in [2.75, 3.05) is 32.4 Å². The zero-order valence-electron chi connectivity index (χ0n) is 23.6. The van der Waals surface area contributed by atoms with Crippen LogP contribution in [-0.2, 0) is 35.7 Å². The van der Waals surface area contributed by atoms with Gasteiger partial charge in [-0.25, -0.2) is 8.42 Å². The van der Waals surface area contributed by atoms with Gasteiger partial charge in [-0.05, 0) is 55.6 Å². The van der Waals surface area contributed by atoms with E-state index in [0.29, 0.717) is 35.2 Å². The van der Waals surface area contributed by atoms with Gasteiger partial charge in [0.2, 0.25) is 10.0 Å². The average Bonchev–Trinajstić information content (AvgIpc) is 3.55. The maximum absolute atomic E-state index is 13.1. The Kier molecular flexibility index (Phi) is 7.73. The number of likely N-dealkylation sites (tertiary alicyclic amines) is 1. The van der Waals surface area contributed by atoms with Crippen molar-refractivity contribution in [2.45, 2.75) is 50.6 Å². The Balaban J connectivity index is 1.17. The number of benzene rings is 1. The Bertz CT molecular complexity index is 1790. The minimum absolute atomic E-state index is 0.0603. The van der Waals surface area contributed by atoms with Gasteiger partial charge in [-0.1, -0.05) is 12.1 Å². The van der Waals surface area contributed by atoms with Crippen molar-refractivity contribution in [3.8, 4) is 11.3 Å². The highest BCUT2D eigenvalue weighted by Crippen LogP contribution is 2.35. The van der Waals surface area contributed by atoms with Gasteiger partial charge in [0.05, 0.1) is 41.1 Å². The molecule has 0 unspecified atom stereocenters. The van der Waals surface area contributed by atoms with Gasteiger partial charge in [0.25, 0.3) is 5.56 Å². The lowest BCUT2D eigenvalue weighted by Crippen LogP contribution is -2.40. The molecule has 0 bridgehead atoms. The van der Waals surface area contributed by atoms with E-state index in [-0.39, 0.29) is 31.1 Å². The number of rotatable bonds is 7. The van der Waals surface area contributed by atoms with Crippen molar-refractivity contribution in [1.82, 2.24) is 29.0 Å². The SMILES string of the molecule is CS(=O)(=O)N1CCc2c(c(-c3ccc(C(F)(F)F)cc3)nn2C[C@@H](O)CN2CCC(c3c[nH]c4cc[nH]c(=O)c34)CC2)C1. The fourth-order valence-corrected chi connectivity index (χ4v) is 7.15. The minimum Gasteiger partial charge on any atom is -0.390 e. The van der Waals surface area contributed by atoms with Crippen molar-refractivity contribution in [3.05, 3.63) is 75.5 Å². The number of fused-ring (bicyclic) bond motifs is 2. The highest BCUT2D eigenvalue weighted by atomic mass is 32.2. The molecule has 10 nitrogen and oxygen atoms in total. The van der Waals surface area contributed by atoms with E-state index >= 15 is 0 Å². The number of aromatic nitrogens is 4. The normalized spacial score (nSPS) is 18.3. The van der Waals surface area contributed by atoms with E-state index in [4.69, 9.17) is 0 Å². The molecular formula is C29H33F3N6O4S. The highest BCUT2D eigenvalue weighted by molar-refractivity contribution is 7.88. The first-order chi connectivity index (χ1) is 20.4. The van der Waals surface area contributed by atoms with Gasteiger partial charge < -0.3 is 20.0 Å². The minimum atomic E-state index is -4.48. The maximum Gasteiger partial charge on any atom is 0.416 e. The third-order valence-corrected chi connectivity index (χ3v) is 9.82. The lowest BCUT2D eigenvalue weighted by molar-refractivity contribution is -0.137. The summed E-state index contributed by atoms with van der Waals surface area (Å²) in [5, 5.41) is 16.5. The van der Waals surface area contributed by atoms with Crippen LogP contribution in [0.15, 0.2) is 47.5 Å². The van der Waals surface area contributed by atoms with Gasteiger partial charge in [0, 0.05) is 55.3 Å². The van der Waals surface area contributed by atoms with E-state index in [0.717, 1.165) is 61.1 Å². The molecule has 1 fully saturated rings. The lowest BCUT2D eigenvalue weighted by Gasteiger charge is -2.33. The fourth-order valence-electron chi connectivity index (χ4n) is 6.37. The number of halogens is 3. The van der Waals surface area contributed by atoms with E-state index in [1.54, 1.807) is 10.9 Å². The van der Waals surface area contributed by atoms with Crippen LogP contribution in [-0.4, -0.2) is 81.0 Å². The smallest absolute Gasteiger partial charge is 0.390 e. The van der Waals surface area contributed by atoms with E-state index < -0.39 is 27.9 Å². The summed E-state index contributed by atoms with van der Waals surface area (Å²) in [5.41, 5.74) is 3.22. The molecular weight excluding hydrogens is 585 g/mol. The molecule has 0 spiro atoms. The molecule has 14 heteroatoms. The van der Waals surface area contributed by atoms with Crippen LogP contribution in [0.5, 0.6) is 0 Å². The quantitative estimate of drug-likeness (QED) is 0.292. The number of alkyl halides is 3. The van der Waals surface area contributed by atoms with Gasteiger partial charge in [-0.3, -0.25) is 9.48 Å². The van der Waals surface area contributed by atoms with Crippen LogP contribution >= 0.6 is 0 Å². The molecule has 5 heterocycles. The van der Waals surface area contributed by atoms with Crippen molar-refractivity contribution < 1.29 is 26.7 Å². The molecule has 3 aromatic heterocycles. The van der Waals surface area contributed by atoms with Crippen molar-refractivity contribution in [3.63, 3.8) is 0 Å². The molecule has 0 aliphatic carbocycles. The number of sulfonamides is 1. The summed E-state index contributed by atoms with van der Waals surface area (Å²) in [7, 11) is -3.49. The third-order valence-electron chi connectivity index (χ3n) is 8.57. The molecule has 230 valence electrons. The predicted molar refractivity (Wildman–Crippen MR) is 155 cm³/mol. The molecule has 0 amide bonds. The second kappa shape index (κ2) is 11.2. The first-order valence-electron chi connectivity index (χ1n) is 14.2. The number of aliphatic hydroxyl groups is 1. The van der Waals surface area contributed by atoms with Crippen LogP contribution in [0.4, 0.5) is 13.2 Å². The number of nitrogens with one attached hydrogen (secondary N) is 2. The highest BCUT2D eigenvalue weighted by Gasteiger charge is 2.33. The summed E-state index contributed by atoms with van der Waals surface area (Å²) < 4.78 is 67.0. The number of hydrogen-bond acceptors (Lipinski definition) is 6. The van der Waals surface area contributed by atoms with Crippen LogP contribution in [0.3, 0.4) is 0 Å². The van der Waals surface area contributed by atoms with E-state index in [9.17, 15) is 31.5 Å². The van der Waals surface area contributed by atoms with Crippen molar-refractivity contribution >= 4 is 20.9 Å². The van der Waals surface area contributed by atoms with E-state index in [1.807, 2.05) is 12.3 Å². The predicted octanol–water partition coefficient (Wildman–Crippen LogP) is 3.30. The van der Waals surface area contributed by atoms with Gasteiger partial charge >= 0.3 is 6.18 Å². The van der Waals surface area contributed by atoms with Crippen LogP contribution in [0.2, 0.25) is 0 Å². The summed E-state index contributed by atoms with van der Waals surface area (Å²) in [5.74, 6) is 0.230. The number of hydrogen-bond donors (Lipinski definition) is 3. The van der Waals surface area contributed by atoms with E-state index in [1.165, 1.54) is 16.4 Å². The largest absolute Gasteiger partial charge is 0.416 e. The molecule has 4 aromatic rings. The van der Waals surface area contributed by atoms with Gasteiger partial charge in [0.15, 0.2) is 0 Å². The number of aromatic amines is 2. The number of piperidine rings is 1. The van der Waals surface area contributed by atoms with Crippen LogP contribution in [0.25, 0.3) is 22.2 Å². The first-order valence-corrected chi connectivity index (χ1v) is 16.0. The van der Waals surface area contributed by atoms with Crippen molar-refractivity contribution in [2.24, 2.45) is 0 Å². The van der Waals surface area contributed by atoms with Gasteiger partial charge in [0.1, 0.15) is 0 Å². The zero-order chi connectivity index (χ0) is 30.5. The van der Waals surface area contributed by atoms with E-state index in [2.05, 4.69) is 20.0 Å². The molecule has 2 aliphatic heterocycles. The Morgan fingerprint density at radius 2 is 1.79 bits per heavy atom. The summed E-state index contributed by atoms with van der Waals surface area (Å²) in [6, 6.07) is 6.52. The summed E-state index contributed by atoms with van der Waals surface area (Å²) in [6.45, 7) is 2.38. The second-order valence-electron chi connectivity index (χ2n) is 11.4. The number of β-amino-alcohol motifs (C(OH)–C–C–N with tert-alkyl or cyclic N) is 1. The first kappa shape index (κ1) is 29.6. The second-order valence-corrected chi connectivity index (χ2v) is 13.4. The Hall–Kier alpha value is -3.46. The standard InChI is InChI=1S/C29H33F3N6O4S/c1-43(41,42)37-13-9-25-23(17-37)27(19-2-4-20(5-3-19)29(30,31)32)35-38(25)16-21(39)15-36-11-7-18(8-12-36)22-14-34-24-6-10-33-28(40)26(22)24/h2-6,10,14,18,21,34,39H,7-9,11-13,15-17H2,1H3,(H,33,40)/t21-/m0/s1. The molecule has 0 saturated carbocycles. The van der Waals surface area contributed by atoms with Gasteiger partial charge in [-0.2, -0.15) is 22.6 Å². The monoisotopic (exact) mass is 618 g/mol. The van der Waals surface area contributed by atoms with Crippen LogP contribution < -0.4 is 5.56 Å². The molecule has 1 atom stereocenters. The Labute approximate surface area is 246 Å². The summed E-state index contributed by atoms with van der Waals surface area (Å²) in [4.78, 5) is 20.5. The van der Waals surface area contributed by atoms with Gasteiger partial charge in [-0.15, -0.1) is 0 Å². The lowest BCUT2D eigenvalue weighted by atomic mass is 9.89. The van der Waals surface area contributed by atoms with Crippen LogP contribution in [0, 0.1) is 0 Å². The fraction of sp³-hybridized carbons (Fsp3) is 0.448. The van der Waals surface area contributed by atoms with Crippen molar-refractivity contribution in [1.29, 1.82) is 0 Å². The average molecular weight is 619 g/mol. The molecule has 2 aliphatic rings. The molecule has 3 N–H and O–H groups in total. The molecule has 43 heavy (non-hydrogen) atoms. The maximum atomic E-state index is 13.1. The number of H-pyrrole nitrogens is 2. The Morgan fingerprint density at radius 1 is 1.07 bits per heavy atom. The number of pyridine rings is 1. The molecule has 1 aromatic carbocycles. The van der Waals surface area contributed by atoms with Crippen LogP contribution in [0.1, 0.15) is 41.1 Å².